The van der Waals surface area contributed by atoms with E-state index < -0.39 is 12.2 Å². The zero-order valence-corrected chi connectivity index (χ0v) is 10.1. The minimum Gasteiger partial charge on any atom is -0.388 e. The first-order valence-corrected chi connectivity index (χ1v) is 5.83. The molecule has 1 aromatic rings. The highest BCUT2D eigenvalue weighted by Gasteiger charge is 2.33. The number of aliphatic hydroxyl groups excluding tert-OH is 2. The number of rotatable bonds is 2. The maximum absolute atomic E-state index is 12.2. The average molecular weight is 238 g/mol. The molecule has 1 saturated heterocycles. The molecular formula is C12H18N2O3. The van der Waals surface area contributed by atoms with Gasteiger partial charge >= 0.3 is 0 Å². The number of carbonyl (C=O) groups excluding carboxylic acids is 1. The molecule has 17 heavy (non-hydrogen) atoms. The van der Waals surface area contributed by atoms with Gasteiger partial charge in [0.25, 0.3) is 5.91 Å². The van der Waals surface area contributed by atoms with Gasteiger partial charge in [0.1, 0.15) is 5.69 Å². The van der Waals surface area contributed by atoms with E-state index in [0.29, 0.717) is 5.69 Å². The summed E-state index contributed by atoms with van der Waals surface area (Å²) in [5.74, 6) is -0.140. The molecule has 2 atom stereocenters. The molecule has 0 aliphatic carbocycles. The van der Waals surface area contributed by atoms with Crippen molar-refractivity contribution in [2.24, 2.45) is 0 Å². The summed E-state index contributed by atoms with van der Waals surface area (Å²) < 4.78 is 1.89. The third kappa shape index (κ3) is 2.21. The Balaban J connectivity index is 2.18. The van der Waals surface area contributed by atoms with E-state index in [2.05, 4.69) is 0 Å². The van der Waals surface area contributed by atoms with Crippen molar-refractivity contribution in [3.05, 3.63) is 24.0 Å². The molecule has 5 heteroatoms. The summed E-state index contributed by atoms with van der Waals surface area (Å²) in [5, 5.41) is 18.9. The number of aromatic nitrogens is 1. The van der Waals surface area contributed by atoms with E-state index in [1.165, 1.54) is 4.90 Å². The van der Waals surface area contributed by atoms with Crippen LogP contribution < -0.4 is 0 Å². The van der Waals surface area contributed by atoms with E-state index in [-0.39, 0.29) is 25.0 Å². The zero-order valence-electron chi connectivity index (χ0n) is 10.1. The Hall–Kier alpha value is -1.33. The summed E-state index contributed by atoms with van der Waals surface area (Å²) in [6.45, 7) is 4.40. The van der Waals surface area contributed by atoms with Crippen molar-refractivity contribution in [3.8, 4) is 0 Å². The third-order valence-corrected chi connectivity index (χ3v) is 3.10. The molecule has 0 spiro atoms. The van der Waals surface area contributed by atoms with Gasteiger partial charge in [0.05, 0.1) is 12.2 Å². The summed E-state index contributed by atoms with van der Waals surface area (Å²) in [6.07, 6.45) is 0.198. The molecule has 0 aromatic carbocycles. The Labute approximate surface area is 100 Å². The van der Waals surface area contributed by atoms with Gasteiger partial charge in [-0.1, -0.05) is 0 Å². The number of amides is 1. The summed E-state index contributed by atoms with van der Waals surface area (Å²) in [6, 6.07) is 3.80. The van der Waals surface area contributed by atoms with Gasteiger partial charge in [0.2, 0.25) is 0 Å². The van der Waals surface area contributed by atoms with Gasteiger partial charge in [0, 0.05) is 25.3 Å². The van der Waals surface area contributed by atoms with Crippen LogP contribution in [-0.4, -0.2) is 50.9 Å². The summed E-state index contributed by atoms with van der Waals surface area (Å²) in [5.41, 5.74) is 0.598. The highest BCUT2D eigenvalue weighted by molar-refractivity contribution is 5.93. The first kappa shape index (κ1) is 12.1. The summed E-state index contributed by atoms with van der Waals surface area (Å²) >= 11 is 0. The molecule has 1 fully saturated rings. The van der Waals surface area contributed by atoms with Crippen molar-refractivity contribution in [1.29, 1.82) is 0 Å². The number of likely N-dealkylation sites (tertiary alicyclic amines) is 1. The lowest BCUT2D eigenvalue weighted by Crippen LogP contribution is -2.31. The van der Waals surface area contributed by atoms with Crippen LogP contribution in [0.15, 0.2) is 18.3 Å². The van der Waals surface area contributed by atoms with Crippen LogP contribution >= 0.6 is 0 Å². The topological polar surface area (TPSA) is 65.7 Å². The van der Waals surface area contributed by atoms with Crippen LogP contribution in [0.4, 0.5) is 0 Å². The van der Waals surface area contributed by atoms with E-state index in [9.17, 15) is 15.0 Å². The second kappa shape index (κ2) is 4.50. The maximum Gasteiger partial charge on any atom is 0.270 e. The molecule has 2 rings (SSSR count). The van der Waals surface area contributed by atoms with Crippen LogP contribution in [0.5, 0.6) is 0 Å². The van der Waals surface area contributed by atoms with Crippen molar-refractivity contribution in [2.45, 2.75) is 32.1 Å². The van der Waals surface area contributed by atoms with Crippen LogP contribution in [-0.2, 0) is 0 Å². The van der Waals surface area contributed by atoms with Gasteiger partial charge in [-0.05, 0) is 26.0 Å². The van der Waals surface area contributed by atoms with E-state index in [0.717, 1.165) is 0 Å². The summed E-state index contributed by atoms with van der Waals surface area (Å²) in [7, 11) is 0. The number of hydrogen-bond donors (Lipinski definition) is 2. The van der Waals surface area contributed by atoms with Gasteiger partial charge in [-0.15, -0.1) is 0 Å². The standard InChI is InChI=1S/C12H18N2O3/c1-8(2)14-5-3-4-9(14)12(17)13-6-10(15)11(16)7-13/h3-5,8,10-11,15-16H,6-7H2,1-2H3. The monoisotopic (exact) mass is 238 g/mol. The van der Waals surface area contributed by atoms with E-state index in [1.54, 1.807) is 6.07 Å². The first-order valence-electron chi connectivity index (χ1n) is 5.83. The molecule has 1 amide bonds. The molecule has 2 unspecified atom stereocenters. The van der Waals surface area contributed by atoms with Crippen molar-refractivity contribution < 1.29 is 15.0 Å². The van der Waals surface area contributed by atoms with Crippen molar-refractivity contribution in [3.63, 3.8) is 0 Å². The van der Waals surface area contributed by atoms with Gasteiger partial charge in [-0.2, -0.15) is 0 Å². The minimum atomic E-state index is -0.832. The molecule has 94 valence electrons. The number of carbonyl (C=O) groups is 1. The molecule has 1 aliphatic rings. The van der Waals surface area contributed by atoms with E-state index in [4.69, 9.17) is 0 Å². The van der Waals surface area contributed by atoms with Gasteiger partial charge in [-0.25, -0.2) is 0 Å². The fourth-order valence-corrected chi connectivity index (χ4v) is 2.12. The van der Waals surface area contributed by atoms with Crippen LogP contribution in [0.25, 0.3) is 0 Å². The lowest BCUT2D eigenvalue weighted by atomic mass is 10.3. The van der Waals surface area contributed by atoms with Crippen molar-refractivity contribution in [2.75, 3.05) is 13.1 Å². The van der Waals surface area contributed by atoms with Gasteiger partial charge in [-0.3, -0.25) is 4.79 Å². The van der Waals surface area contributed by atoms with Crippen molar-refractivity contribution >= 4 is 5.91 Å². The molecule has 0 saturated carbocycles. The highest BCUT2D eigenvalue weighted by atomic mass is 16.3. The Kier molecular flexibility index (Phi) is 3.22. The summed E-state index contributed by atoms with van der Waals surface area (Å²) in [4.78, 5) is 13.7. The molecule has 0 radical (unpaired) electrons. The molecule has 5 nitrogen and oxygen atoms in total. The predicted octanol–water partition coefficient (Wildman–Crippen LogP) is 0.247. The Morgan fingerprint density at radius 3 is 2.47 bits per heavy atom. The Morgan fingerprint density at radius 2 is 1.94 bits per heavy atom. The smallest absolute Gasteiger partial charge is 0.270 e. The van der Waals surface area contributed by atoms with E-state index >= 15 is 0 Å². The Bertz CT molecular complexity index is 404. The molecule has 1 aliphatic heterocycles. The Morgan fingerprint density at radius 1 is 1.35 bits per heavy atom. The van der Waals surface area contributed by atoms with Crippen LogP contribution in [0.3, 0.4) is 0 Å². The second-order valence-corrected chi connectivity index (χ2v) is 4.74. The number of nitrogens with zero attached hydrogens (tertiary/aromatic N) is 2. The van der Waals surface area contributed by atoms with Crippen LogP contribution in [0.2, 0.25) is 0 Å². The maximum atomic E-state index is 12.2. The fourth-order valence-electron chi connectivity index (χ4n) is 2.12. The second-order valence-electron chi connectivity index (χ2n) is 4.74. The molecule has 1 aromatic heterocycles. The lowest BCUT2D eigenvalue weighted by molar-refractivity contribution is 0.0572. The first-order chi connectivity index (χ1) is 8.00. The quantitative estimate of drug-likeness (QED) is 0.776. The SMILES string of the molecule is CC(C)n1cccc1C(=O)N1CC(O)C(O)C1. The molecular weight excluding hydrogens is 220 g/mol. The van der Waals surface area contributed by atoms with Crippen LogP contribution in [0.1, 0.15) is 30.4 Å². The number of β-amino-alcohol motifs (C(OH)–C–C–N with tert-alkyl or cyclic N) is 2. The van der Waals surface area contributed by atoms with E-state index in [1.807, 2.05) is 30.7 Å². The molecule has 0 bridgehead atoms. The molecule has 2 heterocycles. The predicted molar refractivity (Wildman–Crippen MR) is 62.7 cm³/mol. The van der Waals surface area contributed by atoms with Gasteiger partial charge < -0.3 is 19.7 Å². The van der Waals surface area contributed by atoms with Crippen LogP contribution in [0, 0.1) is 0 Å². The average Bonchev–Trinajstić information content (AvgIpc) is 2.85. The molecule has 2 N–H and O–H groups in total. The third-order valence-electron chi connectivity index (χ3n) is 3.10. The van der Waals surface area contributed by atoms with Gasteiger partial charge in [0.15, 0.2) is 0 Å². The normalized spacial score (nSPS) is 24.6. The number of hydrogen-bond acceptors (Lipinski definition) is 3. The zero-order chi connectivity index (χ0) is 12.6. The largest absolute Gasteiger partial charge is 0.388 e. The number of aliphatic hydroxyl groups is 2. The minimum absolute atomic E-state index is 0.140. The van der Waals surface area contributed by atoms with Crippen molar-refractivity contribution in [1.82, 2.24) is 9.47 Å². The fraction of sp³-hybridized carbons (Fsp3) is 0.583. The lowest BCUT2D eigenvalue weighted by Gasteiger charge is -2.18. The highest BCUT2D eigenvalue weighted by Crippen LogP contribution is 2.17.